The quantitative estimate of drug-likeness (QED) is 0.443. The van der Waals surface area contributed by atoms with Gasteiger partial charge in [0, 0.05) is 29.1 Å². The van der Waals surface area contributed by atoms with E-state index in [1.54, 1.807) is 17.1 Å². The number of aryl methyl sites for hydroxylation is 2. The van der Waals surface area contributed by atoms with E-state index < -0.39 is 0 Å². The SMILES string of the molecule is Cc1cccc(Nc2ccc(C(=O)c3cc(N4CC(CCO)N=N4)ccc3C)c(Cl)c2)c1. The van der Waals surface area contributed by atoms with Crippen molar-refractivity contribution in [3.63, 3.8) is 0 Å². The normalized spacial score (nSPS) is 15.2. The van der Waals surface area contributed by atoms with Gasteiger partial charge in [-0.2, -0.15) is 5.11 Å². The third-order valence-electron chi connectivity index (χ3n) is 5.45. The van der Waals surface area contributed by atoms with E-state index >= 15 is 0 Å². The molecule has 0 saturated heterocycles. The van der Waals surface area contributed by atoms with Crippen LogP contribution in [0, 0.1) is 13.8 Å². The predicted octanol–water partition coefficient (Wildman–Crippen LogP) is 5.87. The van der Waals surface area contributed by atoms with Crippen molar-refractivity contribution in [2.45, 2.75) is 26.3 Å². The fraction of sp³-hybridized carbons (Fsp3) is 0.240. The molecule has 3 aromatic rings. The van der Waals surface area contributed by atoms with Gasteiger partial charge in [-0.15, -0.1) is 0 Å². The zero-order chi connectivity index (χ0) is 22.7. The van der Waals surface area contributed by atoms with Crippen molar-refractivity contribution in [2.24, 2.45) is 10.3 Å². The fourth-order valence-electron chi connectivity index (χ4n) is 3.69. The summed E-state index contributed by atoms with van der Waals surface area (Å²) in [6.07, 6.45) is 0.566. The first-order valence-corrected chi connectivity index (χ1v) is 10.9. The number of anilines is 3. The Labute approximate surface area is 192 Å². The molecule has 6 nitrogen and oxygen atoms in total. The molecule has 164 valence electrons. The summed E-state index contributed by atoms with van der Waals surface area (Å²) in [5, 5.41) is 23.0. The van der Waals surface area contributed by atoms with Gasteiger partial charge in [0.2, 0.25) is 0 Å². The second-order valence-corrected chi connectivity index (χ2v) is 8.38. The molecule has 0 amide bonds. The van der Waals surface area contributed by atoms with Crippen LogP contribution in [0.2, 0.25) is 5.02 Å². The molecule has 1 aliphatic rings. The van der Waals surface area contributed by atoms with E-state index in [2.05, 4.69) is 15.7 Å². The summed E-state index contributed by atoms with van der Waals surface area (Å²) < 4.78 is 0. The second kappa shape index (κ2) is 9.51. The molecule has 0 radical (unpaired) electrons. The summed E-state index contributed by atoms with van der Waals surface area (Å²) in [7, 11) is 0. The van der Waals surface area contributed by atoms with Crippen LogP contribution < -0.4 is 10.3 Å². The van der Waals surface area contributed by atoms with Crippen molar-refractivity contribution in [2.75, 3.05) is 23.5 Å². The molecule has 1 unspecified atom stereocenters. The smallest absolute Gasteiger partial charge is 0.194 e. The van der Waals surface area contributed by atoms with Gasteiger partial charge in [0.25, 0.3) is 0 Å². The summed E-state index contributed by atoms with van der Waals surface area (Å²) >= 11 is 6.52. The van der Waals surface area contributed by atoms with Gasteiger partial charge >= 0.3 is 0 Å². The van der Waals surface area contributed by atoms with Crippen LogP contribution in [0.5, 0.6) is 0 Å². The Kier molecular flexibility index (Phi) is 6.53. The standard InChI is InChI=1S/C25H25ClN4O2/c1-16-4-3-5-18(12-16)27-19-7-9-22(24(26)13-19)25(32)23-14-21(8-6-17(23)2)30-15-20(10-11-31)28-29-30/h3-9,12-14,20,27,31H,10-11,15H2,1-2H3. The van der Waals surface area contributed by atoms with Crippen LogP contribution in [0.25, 0.3) is 0 Å². The minimum absolute atomic E-state index is 0.0386. The molecule has 2 N–H and O–H groups in total. The lowest BCUT2D eigenvalue weighted by Crippen LogP contribution is -2.21. The number of benzene rings is 3. The largest absolute Gasteiger partial charge is 0.396 e. The van der Waals surface area contributed by atoms with Gasteiger partial charge in [0.1, 0.15) is 0 Å². The maximum Gasteiger partial charge on any atom is 0.194 e. The molecular weight excluding hydrogens is 424 g/mol. The summed E-state index contributed by atoms with van der Waals surface area (Å²) in [6, 6.07) is 19.0. The van der Waals surface area contributed by atoms with Crippen LogP contribution in [-0.4, -0.2) is 30.1 Å². The van der Waals surface area contributed by atoms with Crippen LogP contribution in [0.4, 0.5) is 17.1 Å². The van der Waals surface area contributed by atoms with E-state index in [1.165, 1.54) is 0 Å². The highest BCUT2D eigenvalue weighted by Gasteiger charge is 2.22. The van der Waals surface area contributed by atoms with Gasteiger partial charge in [-0.25, -0.2) is 5.01 Å². The summed E-state index contributed by atoms with van der Waals surface area (Å²) in [4.78, 5) is 13.3. The predicted molar refractivity (Wildman–Crippen MR) is 128 cm³/mol. The van der Waals surface area contributed by atoms with Gasteiger partial charge < -0.3 is 10.4 Å². The molecule has 7 heteroatoms. The first kappa shape index (κ1) is 22.0. The Hall–Kier alpha value is -3.22. The van der Waals surface area contributed by atoms with Crippen molar-refractivity contribution in [1.82, 2.24) is 0 Å². The molecular formula is C25H25ClN4O2. The number of carbonyl (C=O) groups is 1. The molecule has 0 fully saturated rings. The molecule has 0 aliphatic carbocycles. The minimum Gasteiger partial charge on any atom is -0.396 e. The average molecular weight is 449 g/mol. The molecule has 1 aliphatic heterocycles. The number of hydrogen-bond acceptors (Lipinski definition) is 6. The molecule has 1 atom stereocenters. The number of nitrogens with one attached hydrogen (secondary N) is 1. The van der Waals surface area contributed by atoms with E-state index in [0.29, 0.717) is 29.1 Å². The first-order valence-electron chi connectivity index (χ1n) is 10.5. The molecule has 0 aromatic heterocycles. The lowest BCUT2D eigenvalue weighted by Gasteiger charge is -2.16. The average Bonchev–Trinajstić information content (AvgIpc) is 3.23. The van der Waals surface area contributed by atoms with Crippen molar-refractivity contribution < 1.29 is 9.90 Å². The number of carbonyl (C=O) groups excluding carboxylic acids is 1. The highest BCUT2D eigenvalue weighted by atomic mass is 35.5. The Morgan fingerprint density at radius 1 is 1.09 bits per heavy atom. The van der Waals surface area contributed by atoms with Crippen molar-refractivity contribution in [1.29, 1.82) is 0 Å². The maximum absolute atomic E-state index is 13.3. The van der Waals surface area contributed by atoms with E-state index in [-0.39, 0.29) is 18.4 Å². The van der Waals surface area contributed by atoms with E-state index in [0.717, 1.165) is 28.2 Å². The van der Waals surface area contributed by atoms with Crippen LogP contribution in [0.1, 0.15) is 33.5 Å². The van der Waals surface area contributed by atoms with Gasteiger partial charge in [-0.3, -0.25) is 4.79 Å². The highest BCUT2D eigenvalue weighted by molar-refractivity contribution is 6.35. The Bertz CT molecular complexity index is 1180. The fourth-order valence-corrected chi connectivity index (χ4v) is 3.96. The Morgan fingerprint density at radius 3 is 2.66 bits per heavy atom. The summed E-state index contributed by atoms with van der Waals surface area (Å²) in [5.41, 5.74) is 5.60. The Morgan fingerprint density at radius 2 is 1.91 bits per heavy atom. The van der Waals surface area contributed by atoms with Gasteiger partial charge in [-0.1, -0.05) is 35.0 Å². The second-order valence-electron chi connectivity index (χ2n) is 7.97. The first-order chi connectivity index (χ1) is 15.4. The van der Waals surface area contributed by atoms with Crippen LogP contribution in [0.15, 0.2) is 71.0 Å². The van der Waals surface area contributed by atoms with E-state index in [4.69, 9.17) is 16.7 Å². The third kappa shape index (κ3) is 4.82. The number of halogens is 1. The molecule has 0 bridgehead atoms. The number of aliphatic hydroxyl groups is 1. The molecule has 3 aromatic carbocycles. The number of rotatable bonds is 7. The molecule has 0 saturated carbocycles. The summed E-state index contributed by atoms with van der Waals surface area (Å²) in [6.45, 7) is 4.59. The van der Waals surface area contributed by atoms with Gasteiger partial charge in [0.05, 0.1) is 23.3 Å². The molecule has 0 spiro atoms. The topological polar surface area (TPSA) is 77.3 Å². The highest BCUT2D eigenvalue weighted by Crippen LogP contribution is 2.29. The zero-order valence-corrected chi connectivity index (χ0v) is 18.8. The number of hydrogen-bond donors (Lipinski definition) is 2. The van der Waals surface area contributed by atoms with Crippen molar-refractivity contribution in [3.05, 3.63) is 87.9 Å². The number of aliphatic hydroxyl groups excluding tert-OH is 1. The third-order valence-corrected chi connectivity index (χ3v) is 5.77. The van der Waals surface area contributed by atoms with Crippen LogP contribution in [0.3, 0.4) is 0 Å². The molecule has 32 heavy (non-hydrogen) atoms. The molecule has 1 heterocycles. The number of nitrogens with zero attached hydrogens (tertiary/aromatic N) is 3. The Balaban J connectivity index is 1.56. The van der Waals surface area contributed by atoms with Crippen LogP contribution >= 0.6 is 11.6 Å². The minimum atomic E-state index is -0.139. The van der Waals surface area contributed by atoms with Crippen LogP contribution in [-0.2, 0) is 0 Å². The van der Waals surface area contributed by atoms with E-state index in [1.807, 2.05) is 62.4 Å². The van der Waals surface area contributed by atoms with Gasteiger partial charge in [-0.05, 0) is 73.9 Å². The maximum atomic E-state index is 13.3. The van der Waals surface area contributed by atoms with Crippen molar-refractivity contribution in [3.8, 4) is 0 Å². The summed E-state index contributed by atoms with van der Waals surface area (Å²) in [5.74, 6) is -0.139. The zero-order valence-electron chi connectivity index (χ0n) is 18.0. The monoisotopic (exact) mass is 448 g/mol. The van der Waals surface area contributed by atoms with Crippen molar-refractivity contribution >= 4 is 34.4 Å². The van der Waals surface area contributed by atoms with E-state index in [9.17, 15) is 4.79 Å². The molecule has 4 rings (SSSR count). The lowest BCUT2D eigenvalue weighted by molar-refractivity contribution is 0.103. The van der Waals surface area contributed by atoms with Gasteiger partial charge in [0.15, 0.2) is 5.78 Å². The number of ketones is 1. The lowest BCUT2D eigenvalue weighted by atomic mass is 9.98.